The lowest BCUT2D eigenvalue weighted by molar-refractivity contribution is -0.120. The molecule has 2 aromatic rings. The van der Waals surface area contributed by atoms with Gasteiger partial charge in [-0.1, -0.05) is 35.4 Å². The predicted octanol–water partition coefficient (Wildman–Crippen LogP) is 2.40. The predicted molar refractivity (Wildman–Crippen MR) is 102 cm³/mol. The Hall–Kier alpha value is -2.64. The smallest absolute Gasteiger partial charge is 0.257 e. The van der Waals surface area contributed by atoms with Crippen LogP contribution in [-0.2, 0) is 4.79 Å². The van der Waals surface area contributed by atoms with E-state index in [0.717, 1.165) is 5.56 Å². The van der Waals surface area contributed by atoms with Crippen molar-refractivity contribution in [1.82, 2.24) is 16.2 Å². The van der Waals surface area contributed by atoms with E-state index in [0.29, 0.717) is 16.3 Å². The molecule has 0 aliphatic heterocycles. The Bertz CT molecular complexity index is 798. The quantitative estimate of drug-likeness (QED) is 0.486. The number of benzene rings is 2. The molecule has 0 saturated heterocycles. The van der Waals surface area contributed by atoms with Gasteiger partial charge in [0.1, 0.15) is 0 Å². The third-order valence-corrected chi connectivity index (χ3v) is 3.53. The van der Waals surface area contributed by atoms with Crippen LogP contribution in [0.3, 0.4) is 0 Å². The van der Waals surface area contributed by atoms with Crippen molar-refractivity contribution in [3.8, 4) is 0 Å². The molecular weight excluding hydrogens is 360 g/mol. The topological polar surface area (TPSA) is 82.3 Å². The Morgan fingerprint density at radius 1 is 1.08 bits per heavy atom. The second-order valence-electron chi connectivity index (χ2n) is 5.19. The number of carbonyl (C=O) groups excluding carboxylic acids is 2. The first-order valence-corrected chi connectivity index (χ1v) is 8.19. The molecule has 0 heterocycles. The lowest BCUT2D eigenvalue weighted by Gasteiger charge is -2.12. The number of nitrogens with one attached hydrogen (secondary N) is 4. The molecule has 0 fully saturated rings. The van der Waals surface area contributed by atoms with Crippen molar-refractivity contribution in [2.45, 2.75) is 6.92 Å². The molecule has 0 radical (unpaired) electrons. The highest BCUT2D eigenvalue weighted by molar-refractivity contribution is 7.80. The maximum Gasteiger partial charge on any atom is 0.257 e. The van der Waals surface area contributed by atoms with Crippen LogP contribution in [0.2, 0.25) is 5.02 Å². The molecule has 2 rings (SSSR count). The van der Waals surface area contributed by atoms with E-state index in [2.05, 4.69) is 21.5 Å². The maximum absolute atomic E-state index is 12.0. The number of anilines is 1. The summed E-state index contributed by atoms with van der Waals surface area (Å²) in [7, 11) is 0. The highest BCUT2D eigenvalue weighted by Crippen LogP contribution is 2.14. The van der Waals surface area contributed by atoms with Crippen molar-refractivity contribution >= 4 is 46.4 Å². The van der Waals surface area contributed by atoms with Crippen molar-refractivity contribution in [1.29, 1.82) is 0 Å². The Morgan fingerprint density at radius 3 is 2.56 bits per heavy atom. The third kappa shape index (κ3) is 6.40. The van der Waals surface area contributed by atoms with E-state index in [9.17, 15) is 9.59 Å². The second-order valence-corrected chi connectivity index (χ2v) is 6.03. The van der Waals surface area contributed by atoms with Gasteiger partial charge in [-0.05, 0) is 49.5 Å². The van der Waals surface area contributed by atoms with Crippen molar-refractivity contribution in [3.05, 3.63) is 64.7 Å². The largest absolute Gasteiger partial charge is 0.343 e. The summed E-state index contributed by atoms with van der Waals surface area (Å²) in [5.41, 5.74) is 7.10. The molecule has 0 aromatic heterocycles. The number of amides is 2. The molecule has 0 saturated carbocycles. The summed E-state index contributed by atoms with van der Waals surface area (Å²) in [6, 6.07) is 14.1. The molecule has 0 atom stereocenters. The van der Waals surface area contributed by atoms with Crippen LogP contribution in [0, 0.1) is 6.92 Å². The van der Waals surface area contributed by atoms with Gasteiger partial charge in [0.15, 0.2) is 5.11 Å². The van der Waals surface area contributed by atoms with E-state index in [1.807, 2.05) is 13.0 Å². The van der Waals surface area contributed by atoms with Crippen LogP contribution in [-0.4, -0.2) is 23.5 Å². The van der Waals surface area contributed by atoms with Gasteiger partial charge < -0.3 is 10.6 Å². The van der Waals surface area contributed by atoms with E-state index in [4.69, 9.17) is 23.8 Å². The molecule has 6 nitrogen and oxygen atoms in total. The number of hydrogen-bond acceptors (Lipinski definition) is 3. The van der Waals surface area contributed by atoms with E-state index in [-0.39, 0.29) is 17.6 Å². The molecule has 0 aliphatic carbocycles. The first kappa shape index (κ1) is 18.7. The van der Waals surface area contributed by atoms with Gasteiger partial charge >= 0.3 is 0 Å². The zero-order valence-corrected chi connectivity index (χ0v) is 15.0. The van der Waals surface area contributed by atoms with Crippen LogP contribution < -0.4 is 21.5 Å². The molecule has 8 heteroatoms. The van der Waals surface area contributed by atoms with Crippen molar-refractivity contribution in [3.63, 3.8) is 0 Å². The summed E-state index contributed by atoms with van der Waals surface area (Å²) >= 11 is 10.9. The first-order valence-electron chi connectivity index (χ1n) is 7.40. The van der Waals surface area contributed by atoms with E-state index < -0.39 is 5.91 Å². The van der Waals surface area contributed by atoms with Gasteiger partial charge in [0, 0.05) is 16.3 Å². The molecule has 0 bridgehead atoms. The maximum atomic E-state index is 12.0. The molecule has 4 N–H and O–H groups in total. The summed E-state index contributed by atoms with van der Waals surface area (Å²) in [6.45, 7) is 1.71. The summed E-state index contributed by atoms with van der Waals surface area (Å²) in [5, 5.41) is 6.16. The number of thiocarbonyl (C=S) groups is 1. The SMILES string of the molecule is Cc1cccc(C(=O)NCC(=O)NNC(=S)Nc2cccc(Cl)c2)c1. The van der Waals surface area contributed by atoms with Gasteiger partial charge in [0.2, 0.25) is 0 Å². The van der Waals surface area contributed by atoms with Crippen molar-refractivity contribution < 1.29 is 9.59 Å². The Balaban J connectivity index is 1.73. The Labute approximate surface area is 155 Å². The summed E-state index contributed by atoms with van der Waals surface area (Å²) in [6.07, 6.45) is 0. The average molecular weight is 377 g/mol. The zero-order chi connectivity index (χ0) is 18.2. The fourth-order valence-corrected chi connectivity index (χ4v) is 2.31. The fraction of sp³-hybridized carbons (Fsp3) is 0.118. The monoisotopic (exact) mass is 376 g/mol. The standard InChI is InChI=1S/C17H17ClN4O2S/c1-11-4-2-5-12(8-11)16(24)19-10-15(23)21-22-17(25)20-14-7-3-6-13(18)9-14/h2-9H,10H2,1H3,(H,19,24)(H,21,23)(H2,20,22,25). The molecule has 25 heavy (non-hydrogen) atoms. The van der Waals surface area contributed by atoms with Gasteiger partial charge in [0.05, 0.1) is 6.54 Å². The van der Waals surface area contributed by atoms with Gasteiger partial charge in [-0.25, -0.2) is 0 Å². The lowest BCUT2D eigenvalue weighted by atomic mass is 10.1. The molecule has 0 spiro atoms. The van der Waals surface area contributed by atoms with Crippen LogP contribution >= 0.6 is 23.8 Å². The van der Waals surface area contributed by atoms with E-state index >= 15 is 0 Å². The van der Waals surface area contributed by atoms with Gasteiger partial charge in [-0.15, -0.1) is 0 Å². The number of hydrazine groups is 1. The highest BCUT2D eigenvalue weighted by atomic mass is 35.5. The van der Waals surface area contributed by atoms with Gasteiger partial charge in [0.25, 0.3) is 11.8 Å². The van der Waals surface area contributed by atoms with Crippen LogP contribution in [0.4, 0.5) is 5.69 Å². The number of aryl methyl sites for hydroxylation is 1. The Morgan fingerprint density at radius 2 is 1.84 bits per heavy atom. The van der Waals surface area contributed by atoms with Crippen LogP contribution in [0.15, 0.2) is 48.5 Å². The number of carbonyl (C=O) groups is 2. The zero-order valence-electron chi connectivity index (χ0n) is 13.4. The molecule has 2 aromatic carbocycles. The molecule has 0 unspecified atom stereocenters. The Kier molecular flexibility index (Phi) is 6.73. The molecule has 0 aliphatic rings. The van der Waals surface area contributed by atoms with Gasteiger partial charge in [-0.3, -0.25) is 20.4 Å². The van der Waals surface area contributed by atoms with E-state index in [1.54, 1.807) is 42.5 Å². The van der Waals surface area contributed by atoms with Gasteiger partial charge in [-0.2, -0.15) is 0 Å². The third-order valence-electron chi connectivity index (χ3n) is 3.09. The summed E-state index contributed by atoms with van der Waals surface area (Å²) < 4.78 is 0. The fourth-order valence-electron chi connectivity index (χ4n) is 1.95. The summed E-state index contributed by atoms with van der Waals surface area (Å²) in [5.74, 6) is -0.755. The lowest BCUT2D eigenvalue weighted by Crippen LogP contribution is -2.47. The van der Waals surface area contributed by atoms with Crippen LogP contribution in [0.25, 0.3) is 0 Å². The van der Waals surface area contributed by atoms with E-state index in [1.165, 1.54) is 0 Å². The minimum atomic E-state index is -0.434. The van der Waals surface area contributed by atoms with Crippen LogP contribution in [0.1, 0.15) is 15.9 Å². The number of hydrogen-bond donors (Lipinski definition) is 4. The van der Waals surface area contributed by atoms with Crippen molar-refractivity contribution in [2.75, 3.05) is 11.9 Å². The normalized spacial score (nSPS) is 9.84. The molecule has 2 amide bonds. The second kappa shape index (κ2) is 9.00. The minimum absolute atomic E-state index is 0.181. The number of rotatable bonds is 4. The average Bonchev–Trinajstić information content (AvgIpc) is 2.58. The van der Waals surface area contributed by atoms with Crippen molar-refractivity contribution in [2.24, 2.45) is 0 Å². The first-order chi connectivity index (χ1) is 11.9. The molecule has 130 valence electrons. The number of halogens is 1. The molecular formula is C17H17ClN4O2S. The summed E-state index contributed by atoms with van der Waals surface area (Å²) in [4.78, 5) is 23.7. The van der Waals surface area contributed by atoms with Crippen LogP contribution in [0.5, 0.6) is 0 Å². The highest BCUT2D eigenvalue weighted by Gasteiger charge is 2.08. The minimum Gasteiger partial charge on any atom is -0.343 e.